The number of nitrogens with zero attached hydrogens (tertiary/aromatic N) is 3. The molecule has 1 aliphatic rings. The second-order valence-corrected chi connectivity index (χ2v) is 8.95. The van der Waals surface area contributed by atoms with Crippen LogP contribution in [-0.2, 0) is 19.6 Å². The summed E-state index contributed by atoms with van der Waals surface area (Å²) in [5, 5.41) is 3.72. The Hall–Kier alpha value is -3.12. The molecule has 2 heterocycles. The molecule has 0 atom stereocenters. The number of carbonyl (C=O) groups excluding carboxylic acids is 2. The zero-order valence-electron chi connectivity index (χ0n) is 18.3. The van der Waals surface area contributed by atoms with Gasteiger partial charge in [-0.2, -0.15) is 4.31 Å². The second kappa shape index (κ2) is 9.57. The summed E-state index contributed by atoms with van der Waals surface area (Å²) >= 11 is 0. The molecule has 1 fully saturated rings. The van der Waals surface area contributed by atoms with Crippen molar-refractivity contribution in [1.29, 1.82) is 0 Å². The average Bonchev–Trinajstić information content (AvgIpc) is 3.15. The van der Waals surface area contributed by atoms with Crippen molar-refractivity contribution in [3.8, 4) is 11.5 Å². The summed E-state index contributed by atoms with van der Waals surface area (Å²) in [6, 6.07) is 4.61. The largest absolute Gasteiger partial charge is 0.493 e. The summed E-state index contributed by atoms with van der Waals surface area (Å²) in [6.07, 6.45) is 0. The fourth-order valence-electron chi connectivity index (χ4n) is 3.40. The number of benzene rings is 1. The minimum atomic E-state index is -3.76. The van der Waals surface area contributed by atoms with Crippen molar-refractivity contribution < 1.29 is 36.7 Å². The first-order valence-electron chi connectivity index (χ1n) is 9.79. The molecule has 0 radical (unpaired) electrons. The molecule has 0 saturated carbocycles. The highest BCUT2D eigenvalue weighted by Crippen LogP contribution is 2.29. The SMILES string of the molecule is COC(=O)COc1ccc(C(=O)N2CCN(S(=O)(=O)c3c(C)noc3C)CC2)cc1OC. The Morgan fingerprint density at radius 3 is 2.34 bits per heavy atom. The van der Waals surface area contributed by atoms with E-state index in [4.69, 9.17) is 14.0 Å². The van der Waals surface area contributed by atoms with Gasteiger partial charge in [-0.15, -0.1) is 0 Å². The monoisotopic (exact) mass is 467 g/mol. The van der Waals surface area contributed by atoms with E-state index in [1.54, 1.807) is 24.8 Å². The molecule has 12 heteroatoms. The standard InChI is InChI=1S/C20H25N3O8S/c1-13-19(14(2)31-21-13)32(26,27)23-9-7-22(8-10-23)20(25)15-5-6-16(17(11-15)28-3)30-12-18(24)29-4/h5-6,11H,7-10,12H2,1-4H3. The Morgan fingerprint density at radius 2 is 1.78 bits per heavy atom. The maximum atomic E-state index is 12.9. The summed E-state index contributed by atoms with van der Waals surface area (Å²) in [6.45, 7) is 3.59. The molecular formula is C20H25N3O8S. The van der Waals surface area contributed by atoms with E-state index in [-0.39, 0.29) is 49.3 Å². The number of sulfonamides is 1. The maximum absolute atomic E-state index is 12.9. The van der Waals surface area contributed by atoms with Gasteiger partial charge in [0, 0.05) is 31.7 Å². The van der Waals surface area contributed by atoms with Crippen molar-refractivity contribution in [2.24, 2.45) is 0 Å². The molecule has 0 aliphatic carbocycles. The lowest BCUT2D eigenvalue weighted by molar-refractivity contribution is -0.142. The molecule has 0 N–H and O–H groups in total. The van der Waals surface area contributed by atoms with Crippen molar-refractivity contribution in [3.05, 3.63) is 35.2 Å². The molecule has 11 nitrogen and oxygen atoms in total. The summed E-state index contributed by atoms with van der Waals surface area (Å²) < 4.78 is 47.4. The van der Waals surface area contributed by atoms with Gasteiger partial charge in [0.1, 0.15) is 10.6 Å². The summed E-state index contributed by atoms with van der Waals surface area (Å²) in [5.74, 6) is 0.0145. The Kier molecular flexibility index (Phi) is 7.04. The fourth-order valence-corrected chi connectivity index (χ4v) is 5.11. The molecule has 2 aromatic rings. The molecule has 1 aromatic heterocycles. The van der Waals surface area contributed by atoms with E-state index >= 15 is 0 Å². The van der Waals surface area contributed by atoms with Crippen molar-refractivity contribution in [2.45, 2.75) is 18.7 Å². The van der Waals surface area contributed by atoms with Crippen LogP contribution in [0.5, 0.6) is 11.5 Å². The third-order valence-electron chi connectivity index (χ3n) is 5.08. The Bertz CT molecular complexity index is 1080. The van der Waals surface area contributed by atoms with E-state index in [1.807, 2.05) is 0 Å². The number of piperazine rings is 1. The summed E-state index contributed by atoms with van der Waals surface area (Å²) in [5.41, 5.74) is 0.664. The minimum Gasteiger partial charge on any atom is -0.493 e. The number of esters is 1. The zero-order valence-corrected chi connectivity index (χ0v) is 19.1. The molecule has 0 bridgehead atoms. The van der Waals surface area contributed by atoms with Crippen LogP contribution in [-0.4, -0.2) is 81.7 Å². The Balaban J connectivity index is 1.68. The summed E-state index contributed by atoms with van der Waals surface area (Å²) in [7, 11) is -1.08. The number of rotatable bonds is 7. The van der Waals surface area contributed by atoms with Crippen molar-refractivity contribution in [1.82, 2.24) is 14.4 Å². The van der Waals surface area contributed by atoms with E-state index in [0.717, 1.165) is 0 Å². The Morgan fingerprint density at radius 1 is 1.09 bits per heavy atom. The molecule has 32 heavy (non-hydrogen) atoms. The number of carbonyl (C=O) groups is 2. The molecule has 3 rings (SSSR count). The maximum Gasteiger partial charge on any atom is 0.343 e. The summed E-state index contributed by atoms with van der Waals surface area (Å²) in [4.78, 5) is 25.9. The third-order valence-corrected chi connectivity index (χ3v) is 7.22. The first-order valence-corrected chi connectivity index (χ1v) is 11.2. The number of hydrogen-bond acceptors (Lipinski definition) is 9. The first-order chi connectivity index (χ1) is 15.2. The van der Waals surface area contributed by atoms with Gasteiger partial charge in [-0.1, -0.05) is 5.16 Å². The lowest BCUT2D eigenvalue weighted by atomic mass is 10.1. The van der Waals surface area contributed by atoms with Crippen LogP contribution >= 0.6 is 0 Å². The van der Waals surface area contributed by atoms with Crippen LogP contribution in [0.2, 0.25) is 0 Å². The lowest BCUT2D eigenvalue weighted by Gasteiger charge is -2.34. The molecular weight excluding hydrogens is 442 g/mol. The van der Waals surface area contributed by atoms with Crippen molar-refractivity contribution in [2.75, 3.05) is 47.0 Å². The fraction of sp³-hybridized carbons (Fsp3) is 0.450. The van der Waals surface area contributed by atoms with E-state index in [2.05, 4.69) is 9.89 Å². The van der Waals surface area contributed by atoms with E-state index in [0.29, 0.717) is 22.8 Å². The van der Waals surface area contributed by atoms with Crippen molar-refractivity contribution in [3.63, 3.8) is 0 Å². The number of aryl methyl sites for hydroxylation is 2. The van der Waals surface area contributed by atoms with E-state index < -0.39 is 16.0 Å². The smallest absolute Gasteiger partial charge is 0.343 e. The average molecular weight is 468 g/mol. The molecule has 1 aliphatic heterocycles. The van der Waals surface area contributed by atoms with Crippen LogP contribution in [0, 0.1) is 13.8 Å². The molecule has 1 amide bonds. The van der Waals surface area contributed by atoms with Crippen LogP contribution < -0.4 is 9.47 Å². The van der Waals surface area contributed by atoms with E-state index in [9.17, 15) is 18.0 Å². The highest BCUT2D eigenvalue weighted by atomic mass is 32.2. The highest BCUT2D eigenvalue weighted by molar-refractivity contribution is 7.89. The molecule has 0 spiro atoms. The van der Waals surface area contributed by atoms with Gasteiger partial charge in [-0.25, -0.2) is 13.2 Å². The normalized spacial score (nSPS) is 14.8. The van der Waals surface area contributed by atoms with Crippen LogP contribution in [0.25, 0.3) is 0 Å². The van der Waals surface area contributed by atoms with E-state index in [1.165, 1.54) is 30.7 Å². The van der Waals surface area contributed by atoms with Crippen LogP contribution in [0.4, 0.5) is 0 Å². The van der Waals surface area contributed by atoms with Gasteiger partial charge >= 0.3 is 5.97 Å². The number of ether oxygens (including phenoxy) is 3. The minimum absolute atomic E-state index is 0.0737. The second-order valence-electron chi connectivity index (χ2n) is 7.08. The van der Waals surface area contributed by atoms with Crippen LogP contribution in [0.15, 0.2) is 27.6 Å². The van der Waals surface area contributed by atoms with Gasteiger partial charge in [0.2, 0.25) is 10.0 Å². The predicted molar refractivity (Wildman–Crippen MR) is 111 cm³/mol. The van der Waals surface area contributed by atoms with Gasteiger partial charge in [0.05, 0.1) is 14.2 Å². The number of amides is 1. The van der Waals surface area contributed by atoms with Gasteiger partial charge in [0.25, 0.3) is 5.91 Å². The highest BCUT2D eigenvalue weighted by Gasteiger charge is 2.34. The topological polar surface area (TPSA) is 128 Å². The predicted octanol–water partition coefficient (Wildman–Crippen LogP) is 0.999. The van der Waals surface area contributed by atoms with Gasteiger partial charge < -0.3 is 23.6 Å². The van der Waals surface area contributed by atoms with Gasteiger partial charge in [-0.3, -0.25) is 4.79 Å². The van der Waals surface area contributed by atoms with Crippen molar-refractivity contribution >= 4 is 21.9 Å². The van der Waals surface area contributed by atoms with Crippen LogP contribution in [0.3, 0.4) is 0 Å². The molecule has 0 unspecified atom stereocenters. The number of methoxy groups -OCH3 is 2. The Labute approximate surface area is 185 Å². The van der Waals surface area contributed by atoms with Gasteiger partial charge in [0.15, 0.2) is 23.9 Å². The van der Waals surface area contributed by atoms with Crippen LogP contribution in [0.1, 0.15) is 21.8 Å². The zero-order chi connectivity index (χ0) is 23.5. The number of aromatic nitrogens is 1. The molecule has 1 aromatic carbocycles. The molecule has 174 valence electrons. The third kappa shape index (κ3) is 4.70. The number of hydrogen-bond donors (Lipinski definition) is 0. The quantitative estimate of drug-likeness (QED) is 0.548. The van der Waals surface area contributed by atoms with Gasteiger partial charge in [-0.05, 0) is 32.0 Å². The molecule has 1 saturated heterocycles. The lowest BCUT2D eigenvalue weighted by Crippen LogP contribution is -2.50. The first kappa shape index (κ1) is 23.5.